The van der Waals surface area contributed by atoms with Crippen molar-refractivity contribution in [3.63, 3.8) is 0 Å². The van der Waals surface area contributed by atoms with Gasteiger partial charge in [0.15, 0.2) is 0 Å². The van der Waals surface area contributed by atoms with Crippen molar-refractivity contribution in [2.75, 3.05) is 0 Å². The Morgan fingerprint density at radius 2 is 1.05 bits per heavy atom. The molecule has 0 N–H and O–H groups in total. The minimum absolute atomic E-state index is 0.880. The van der Waals surface area contributed by atoms with E-state index < -0.39 is 0 Å². The standard InChI is InChI=1S/C18H22N4/c1-13-14(2)18(10-22-8-6-20-12-22)16(4)15(3)17(13)9-21-7-5-19-11-21/h5-8,11-12H,9-10H2,1-4H3. The average molecular weight is 294 g/mol. The van der Waals surface area contributed by atoms with E-state index in [2.05, 4.69) is 46.8 Å². The zero-order valence-electron chi connectivity index (χ0n) is 13.7. The van der Waals surface area contributed by atoms with E-state index in [4.69, 9.17) is 0 Å². The topological polar surface area (TPSA) is 35.6 Å². The molecular formula is C18H22N4. The van der Waals surface area contributed by atoms with Crippen LogP contribution in [0.2, 0.25) is 0 Å². The van der Waals surface area contributed by atoms with Crippen LogP contribution in [0.25, 0.3) is 0 Å². The molecule has 0 amide bonds. The second-order valence-electron chi connectivity index (χ2n) is 5.93. The molecule has 0 fully saturated rings. The highest BCUT2D eigenvalue weighted by Crippen LogP contribution is 2.28. The maximum atomic E-state index is 4.14. The van der Waals surface area contributed by atoms with Crippen molar-refractivity contribution in [1.82, 2.24) is 19.1 Å². The monoisotopic (exact) mass is 294 g/mol. The van der Waals surface area contributed by atoms with Crippen LogP contribution < -0.4 is 0 Å². The van der Waals surface area contributed by atoms with Crippen LogP contribution in [0.15, 0.2) is 37.4 Å². The van der Waals surface area contributed by atoms with Crippen molar-refractivity contribution in [3.8, 4) is 0 Å². The SMILES string of the molecule is Cc1c(C)c(Cn2ccnc2)c(C)c(C)c1Cn1ccnc1. The van der Waals surface area contributed by atoms with Crippen molar-refractivity contribution in [3.05, 3.63) is 70.8 Å². The van der Waals surface area contributed by atoms with Gasteiger partial charge < -0.3 is 9.13 Å². The summed E-state index contributed by atoms with van der Waals surface area (Å²) in [7, 11) is 0. The van der Waals surface area contributed by atoms with Gasteiger partial charge in [0.25, 0.3) is 0 Å². The number of benzene rings is 1. The second-order valence-corrected chi connectivity index (χ2v) is 5.93. The summed E-state index contributed by atoms with van der Waals surface area (Å²) in [5.74, 6) is 0. The Labute approximate surface area is 131 Å². The maximum absolute atomic E-state index is 4.14. The van der Waals surface area contributed by atoms with E-state index in [1.807, 2.05) is 37.4 Å². The Hall–Kier alpha value is -2.36. The highest BCUT2D eigenvalue weighted by atomic mass is 15.0. The van der Waals surface area contributed by atoms with Crippen LogP contribution in [0.3, 0.4) is 0 Å². The van der Waals surface area contributed by atoms with Gasteiger partial charge in [0.1, 0.15) is 0 Å². The molecule has 3 rings (SSSR count). The second kappa shape index (κ2) is 5.79. The number of hydrogen-bond acceptors (Lipinski definition) is 2. The first-order valence-corrected chi connectivity index (χ1v) is 7.57. The summed E-state index contributed by atoms with van der Waals surface area (Å²) >= 11 is 0. The molecule has 0 radical (unpaired) electrons. The molecule has 0 spiro atoms. The van der Waals surface area contributed by atoms with E-state index in [-0.39, 0.29) is 0 Å². The van der Waals surface area contributed by atoms with Gasteiger partial charge in [-0.2, -0.15) is 0 Å². The first-order chi connectivity index (χ1) is 10.6. The van der Waals surface area contributed by atoms with Gasteiger partial charge in [-0.1, -0.05) is 0 Å². The molecule has 2 aromatic heterocycles. The van der Waals surface area contributed by atoms with Crippen LogP contribution in [0, 0.1) is 27.7 Å². The number of nitrogens with zero attached hydrogens (tertiary/aromatic N) is 4. The summed E-state index contributed by atoms with van der Waals surface area (Å²) in [5, 5.41) is 0. The summed E-state index contributed by atoms with van der Waals surface area (Å²) in [6.07, 6.45) is 11.5. The molecule has 0 saturated heterocycles. The molecule has 0 aliphatic carbocycles. The van der Waals surface area contributed by atoms with Crippen molar-refractivity contribution < 1.29 is 0 Å². The molecule has 22 heavy (non-hydrogen) atoms. The molecule has 114 valence electrons. The lowest BCUT2D eigenvalue weighted by atomic mass is 9.88. The van der Waals surface area contributed by atoms with Gasteiger partial charge in [0.2, 0.25) is 0 Å². The smallest absolute Gasteiger partial charge is 0.0949 e. The first kappa shape index (κ1) is 14.6. The third kappa shape index (κ3) is 2.56. The Morgan fingerprint density at radius 3 is 1.32 bits per heavy atom. The van der Waals surface area contributed by atoms with Gasteiger partial charge in [-0.05, 0) is 61.1 Å². The molecule has 2 heterocycles. The van der Waals surface area contributed by atoms with Gasteiger partial charge >= 0.3 is 0 Å². The molecule has 0 saturated carbocycles. The molecule has 0 bridgehead atoms. The van der Waals surface area contributed by atoms with Crippen LogP contribution in [-0.2, 0) is 13.1 Å². The molecule has 1 aromatic carbocycles. The molecule has 0 atom stereocenters. The molecular weight excluding hydrogens is 272 g/mol. The third-order valence-electron chi connectivity index (χ3n) is 4.74. The molecule has 3 aromatic rings. The first-order valence-electron chi connectivity index (χ1n) is 7.57. The highest BCUT2D eigenvalue weighted by molar-refractivity contribution is 5.50. The van der Waals surface area contributed by atoms with E-state index >= 15 is 0 Å². The minimum atomic E-state index is 0.880. The van der Waals surface area contributed by atoms with Gasteiger partial charge in [0, 0.05) is 37.9 Å². The molecule has 0 unspecified atom stereocenters. The summed E-state index contributed by atoms with van der Waals surface area (Å²) < 4.78 is 4.26. The van der Waals surface area contributed by atoms with E-state index in [0.29, 0.717) is 0 Å². The zero-order chi connectivity index (χ0) is 15.7. The molecule has 4 nitrogen and oxygen atoms in total. The predicted octanol–water partition coefficient (Wildman–Crippen LogP) is 3.41. The van der Waals surface area contributed by atoms with Gasteiger partial charge in [-0.15, -0.1) is 0 Å². The van der Waals surface area contributed by atoms with Crippen LogP contribution in [0.4, 0.5) is 0 Å². The Morgan fingerprint density at radius 1 is 0.682 bits per heavy atom. The molecule has 4 heteroatoms. The average Bonchev–Trinajstić information content (AvgIpc) is 3.19. The normalized spacial score (nSPS) is 11.1. The van der Waals surface area contributed by atoms with E-state index in [1.54, 1.807) is 0 Å². The highest BCUT2D eigenvalue weighted by Gasteiger charge is 2.15. The van der Waals surface area contributed by atoms with Crippen molar-refractivity contribution in [2.24, 2.45) is 0 Å². The lowest BCUT2D eigenvalue weighted by Gasteiger charge is -2.21. The van der Waals surface area contributed by atoms with Gasteiger partial charge in [-0.25, -0.2) is 9.97 Å². The van der Waals surface area contributed by atoms with Crippen LogP contribution in [0.5, 0.6) is 0 Å². The Balaban J connectivity index is 2.04. The number of hydrogen-bond donors (Lipinski definition) is 0. The van der Waals surface area contributed by atoms with E-state index in [9.17, 15) is 0 Å². The lowest BCUT2D eigenvalue weighted by Crippen LogP contribution is -2.10. The summed E-state index contributed by atoms with van der Waals surface area (Å²) in [6, 6.07) is 0. The quantitative estimate of drug-likeness (QED) is 0.739. The van der Waals surface area contributed by atoms with Gasteiger partial charge in [-0.3, -0.25) is 0 Å². The Kier molecular flexibility index (Phi) is 3.84. The maximum Gasteiger partial charge on any atom is 0.0949 e. The third-order valence-corrected chi connectivity index (χ3v) is 4.74. The van der Waals surface area contributed by atoms with Crippen molar-refractivity contribution in [1.29, 1.82) is 0 Å². The lowest BCUT2D eigenvalue weighted by molar-refractivity contribution is 0.763. The summed E-state index contributed by atoms with van der Waals surface area (Å²) in [6.45, 7) is 10.7. The van der Waals surface area contributed by atoms with Gasteiger partial charge in [0.05, 0.1) is 12.7 Å². The predicted molar refractivity (Wildman–Crippen MR) is 88.0 cm³/mol. The van der Waals surface area contributed by atoms with Crippen LogP contribution >= 0.6 is 0 Å². The van der Waals surface area contributed by atoms with Crippen molar-refractivity contribution in [2.45, 2.75) is 40.8 Å². The number of imidazole rings is 2. The van der Waals surface area contributed by atoms with Crippen LogP contribution in [-0.4, -0.2) is 19.1 Å². The van der Waals surface area contributed by atoms with E-state index in [1.165, 1.54) is 33.4 Å². The number of rotatable bonds is 4. The molecule has 0 aliphatic rings. The largest absolute Gasteiger partial charge is 0.333 e. The fraction of sp³-hybridized carbons (Fsp3) is 0.333. The zero-order valence-corrected chi connectivity index (χ0v) is 13.7. The summed E-state index contributed by atoms with van der Waals surface area (Å²) in [5.41, 5.74) is 8.34. The Bertz CT molecular complexity index is 672. The molecule has 0 aliphatic heterocycles. The fourth-order valence-corrected chi connectivity index (χ4v) is 3.07. The fourth-order valence-electron chi connectivity index (χ4n) is 3.07. The van der Waals surface area contributed by atoms with Crippen LogP contribution in [0.1, 0.15) is 33.4 Å². The number of aromatic nitrogens is 4. The van der Waals surface area contributed by atoms with Crippen molar-refractivity contribution >= 4 is 0 Å². The van der Waals surface area contributed by atoms with E-state index in [0.717, 1.165) is 13.1 Å². The summed E-state index contributed by atoms with van der Waals surface area (Å²) in [4.78, 5) is 8.29. The minimum Gasteiger partial charge on any atom is -0.333 e.